The Hall–Kier alpha value is -1.70. The van der Waals surface area contributed by atoms with Gasteiger partial charge in [0, 0.05) is 0 Å². The van der Waals surface area contributed by atoms with Gasteiger partial charge in [-0.1, -0.05) is 0 Å². The Labute approximate surface area is 242 Å². The summed E-state index contributed by atoms with van der Waals surface area (Å²) < 4.78 is 2.58. The van der Waals surface area contributed by atoms with E-state index in [9.17, 15) is 0 Å². The van der Waals surface area contributed by atoms with Crippen molar-refractivity contribution < 1.29 is 45.7 Å². The van der Waals surface area contributed by atoms with Crippen molar-refractivity contribution in [3.05, 3.63) is 107 Å². The van der Waals surface area contributed by atoms with Crippen molar-refractivity contribution in [1.82, 2.24) is 0 Å². The van der Waals surface area contributed by atoms with Crippen molar-refractivity contribution in [2.45, 2.75) is 43.2 Å². The first kappa shape index (κ1) is 26.9. The molecule has 0 saturated heterocycles. The summed E-state index contributed by atoms with van der Waals surface area (Å²) in [6, 6.07) is 33.0. The zero-order valence-corrected chi connectivity index (χ0v) is 26.5. The molecule has 0 N–H and O–H groups in total. The van der Waals surface area contributed by atoms with Crippen LogP contribution in [0.15, 0.2) is 90.5 Å². The molecule has 7 rings (SSSR count). The maximum Gasteiger partial charge on any atom is -1.00 e. The first-order valence-electron chi connectivity index (χ1n) is 13.3. The first-order valence-corrected chi connectivity index (χ1v) is 22.0. The van der Waals surface area contributed by atoms with E-state index < -0.39 is 26.8 Å². The molecular weight excluding hydrogens is 587 g/mol. The van der Waals surface area contributed by atoms with Gasteiger partial charge in [-0.25, -0.2) is 0 Å². The van der Waals surface area contributed by atoms with Gasteiger partial charge in [-0.05, 0) is 0 Å². The summed E-state index contributed by atoms with van der Waals surface area (Å²) in [5, 5.41) is 3.60. The van der Waals surface area contributed by atoms with Crippen LogP contribution in [0.4, 0.5) is 0 Å². The number of hydrogen-bond donors (Lipinski definition) is 0. The van der Waals surface area contributed by atoms with Crippen LogP contribution in [0.3, 0.4) is 0 Å². The summed E-state index contributed by atoms with van der Waals surface area (Å²) in [5.74, 6) is -1.03. The maximum absolute atomic E-state index is 2.66. The Kier molecular flexibility index (Phi) is 7.86. The van der Waals surface area contributed by atoms with Crippen LogP contribution in [-0.4, -0.2) is 5.92 Å². The molecule has 3 aliphatic rings. The summed E-state index contributed by atoms with van der Waals surface area (Å²) in [6.45, 7) is 4.68. The molecule has 2 unspecified atom stereocenters. The summed E-state index contributed by atoms with van der Waals surface area (Å²) in [5.41, 5.74) is 12.6. The molecule has 0 fully saturated rings. The fourth-order valence-corrected chi connectivity index (χ4v) is 33.3. The van der Waals surface area contributed by atoms with E-state index in [1.54, 1.807) is 33.0 Å². The second-order valence-electron chi connectivity index (χ2n) is 10.4. The third kappa shape index (κ3) is 4.02. The summed E-state index contributed by atoms with van der Waals surface area (Å²) in [4.78, 5) is 0. The van der Waals surface area contributed by atoms with Gasteiger partial charge in [0.05, 0.1) is 0 Å². The van der Waals surface area contributed by atoms with Gasteiger partial charge in [0.1, 0.15) is 0 Å². The minimum Gasteiger partial charge on any atom is -1.00 e. The zero-order chi connectivity index (χ0) is 23.5. The molecule has 37 heavy (non-hydrogen) atoms. The van der Waals surface area contributed by atoms with E-state index in [0.29, 0.717) is 0 Å². The molecule has 0 radical (unpaired) electrons. The number of benzene rings is 4. The van der Waals surface area contributed by atoms with Crippen molar-refractivity contribution in [3.8, 4) is 22.3 Å². The van der Waals surface area contributed by atoms with E-state index in [0.717, 1.165) is 10.0 Å². The largest absolute Gasteiger partial charge is 1.00 e. The molecule has 4 aromatic carbocycles. The number of aryl methyl sites for hydroxylation is 1. The molecular formula is C33H31Cl2SiZr. The average molecular weight is 618 g/mol. The number of halogens is 2. The molecule has 0 bridgehead atoms. The van der Waals surface area contributed by atoms with Crippen molar-refractivity contribution in [2.75, 3.05) is 0 Å². The van der Waals surface area contributed by atoms with Gasteiger partial charge >= 0.3 is 219 Å². The molecule has 2 heterocycles. The van der Waals surface area contributed by atoms with E-state index in [1.807, 2.05) is 8.46 Å². The number of rotatable bonds is 6. The van der Waals surface area contributed by atoms with Crippen LogP contribution < -0.4 is 38.5 Å². The standard InChI is InChI=1S/C21H23.C12H8Si.2ClH.Zr/c1-3-8-16-14-19-13-12-17(9-4-2)21(20(19)15-16)18-10-6-5-7-11-18;1-3-7-11-9(5-1)10-6-2-4-8-12(10)13-11;;;/h5-7,10-15H,3-4,8-9H2,1-2H3;1-7,13H;2*1H;/q;;;;+2/p-2. The minimum atomic E-state index is -1.91. The number of fused-ring (bicyclic) bond motifs is 4. The Morgan fingerprint density at radius 2 is 1.46 bits per heavy atom. The second-order valence-corrected chi connectivity index (χ2v) is 25.3. The maximum atomic E-state index is 2.66. The SMILES string of the molecule is CCCC1=Cc2c(ccc(CCC)c2-c2ccccc2)[CH]1[Zr+2]1[c]2cccc3c2[SiH]1c1ccccc1-3.[Cl-].[Cl-]. The topological polar surface area (TPSA) is 0 Å². The van der Waals surface area contributed by atoms with Crippen LogP contribution in [0.25, 0.3) is 28.3 Å². The Bertz CT molecular complexity index is 1490. The second kappa shape index (κ2) is 10.8. The molecule has 0 spiro atoms. The predicted molar refractivity (Wildman–Crippen MR) is 149 cm³/mol. The van der Waals surface area contributed by atoms with E-state index in [2.05, 4.69) is 105 Å². The average Bonchev–Trinajstić information content (AvgIpc) is 3.39. The van der Waals surface area contributed by atoms with Gasteiger partial charge in [-0.3, -0.25) is 0 Å². The van der Waals surface area contributed by atoms with E-state index in [4.69, 9.17) is 0 Å². The van der Waals surface area contributed by atoms with Crippen LogP contribution in [-0.2, 0) is 27.3 Å². The fraction of sp³-hybridized carbons (Fsp3) is 0.212. The normalized spacial score (nSPS) is 17.6. The molecule has 4 aromatic rings. The van der Waals surface area contributed by atoms with Crippen LogP contribution >= 0.6 is 0 Å². The molecule has 1 aliphatic carbocycles. The number of allylic oxidation sites excluding steroid dienone is 1. The van der Waals surface area contributed by atoms with Crippen molar-refractivity contribution in [2.24, 2.45) is 0 Å². The quantitative estimate of drug-likeness (QED) is 0.274. The predicted octanol–water partition coefficient (Wildman–Crippen LogP) is 0.328. The van der Waals surface area contributed by atoms with Gasteiger partial charge in [-0.15, -0.1) is 0 Å². The van der Waals surface area contributed by atoms with Crippen molar-refractivity contribution in [3.63, 3.8) is 0 Å². The Morgan fingerprint density at radius 1 is 0.730 bits per heavy atom. The van der Waals surface area contributed by atoms with Gasteiger partial charge in [0.15, 0.2) is 0 Å². The molecule has 4 heteroatoms. The summed E-state index contributed by atoms with van der Waals surface area (Å²) in [7, 11) is 0. The smallest absolute Gasteiger partial charge is 1.00 e. The zero-order valence-electron chi connectivity index (χ0n) is 21.4. The van der Waals surface area contributed by atoms with Crippen LogP contribution in [0.5, 0.6) is 0 Å². The number of hydrogen-bond acceptors (Lipinski definition) is 0. The van der Waals surface area contributed by atoms with E-state index >= 15 is 0 Å². The van der Waals surface area contributed by atoms with Gasteiger partial charge in [-0.2, -0.15) is 0 Å². The van der Waals surface area contributed by atoms with Gasteiger partial charge in [0.25, 0.3) is 0 Å². The molecule has 185 valence electrons. The first-order chi connectivity index (χ1) is 17.3. The summed E-state index contributed by atoms with van der Waals surface area (Å²) in [6.07, 6.45) is 7.50. The third-order valence-corrected chi connectivity index (χ3v) is 30.7. The summed E-state index contributed by atoms with van der Waals surface area (Å²) >= 11 is -1.91. The molecule has 0 aromatic heterocycles. The van der Waals surface area contributed by atoms with Crippen molar-refractivity contribution >= 4 is 25.6 Å². The Balaban J connectivity index is 0.00000140. The van der Waals surface area contributed by atoms with Crippen molar-refractivity contribution in [1.29, 1.82) is 0 Å². The molecule has 0 saturated carbocycles. The Morgan fingerprint density at radius 3 is 2.24 bits per heavy atom. The van der Waals surface area contributed by atoms with Crippen LogP contribution in [0.2, 0.25) is 0 Å². The van der Waals surface area contributed by atoms with Gasteiger partial charge in [0.2, 0.25) is 0 Å². The fourth-order valence-electron chi connectivity index (χ4n) is 7.09. The molecule has 2 atom stereocenters. The van der Waals surface area contributed by atoms with Gasteiger partial charge < -0.3 is 24.8 Å². The third-order valence-electron chi connectivity index (χ3n) is 8.39. The monoisotopic (exact) mass is 615 g/mol. The van der Waals surface area contributed by atoms with Crippen LogP contribution in [0.1, 0.15) is 53.4 Å². The molecule has 2 aliphatic heterocycles. The van der Waals surface area contributed by atoms with Crippen LogP contribution in [0, 0.1) is 0 Å². The minimum absolute atomic E-state index is 0. The molecule has 0 nitrogen and oxygen atoms in total. The van der Waals surface area contributed by atoms with E-state index in [-0.39, 0.29) is 24.8 Å². The van der Waals surface area contributed by atoms with E-state index in [1.165, 1.54) is 36.0 Å². The molecule has 0 amide bonds.